The van der Waals surface area contributed by atoms with Crippen LogP contribution in [0.1, 0.15) is 79.1 Å². The Bertz CT molecular complexity index is 713. The van der Waals surface area contributed by atoms with Gasteiger partial charge in [-0.25, -0.2) is 0 Å². The van der Waals surface area contributed by atoms with Crippen molar-refractivity contribution in [1.29, 1.82) is 0 Å². The second-order valence-electron chi connectivity index (χ2n) is 12.1. The summed E-state index contributed by atoms with van der Waals surface area (Å²) in [6, 6.07) is 1.31. The summed E-state index contributed by atoms with van der Waals surface area (Å²) in [5.41, 5.74) is 7.57. The average molecular weight is 411 g/mol. The number of nitrogens with zero attached hydrogens (tertiary/aromatic N) is 4. The molecule has 30 heavy (non-hydrogen) atoms. The van der Waals surface area contributed by atoms with E-state index in [1.807, 2.05) is 0 Å². The summed E-state index contributed by atoms with van der Waals surface area (Å²) in [5.74, 6) is 0. The molecular formula is C26H42N4. The predicted octanol–water partition coefficient (Wildman–Crippen LogP) is 4.61. The Morgan fingerprint density at radius 2 is 0.967 bits per heavy atom. The summed E-state index contributed by atoms with van der Waals surface area (Å²) in [6.45, 7) is 17.9. The van der Waals surface area contributed by atoms with Crippen LogP contribution in [0, 0.1) is 10.8 Å². The van der Waals surface area contributed by atoms with Gasteiger partial charge in [0.05, 0.1) is 12.1 Å². The Morgan fingerprint density at radius 3 is 1.33 bits per heavy atom. The molecule has 0 bridgehead atoms. The van der Waals surface area contributed by atoms with Gasteiger partial charge in [0.2, 0.25) is 0 Å². The van der Waals surface area contributed by atoms with E-state index in [1.54, 1.807) is 22.5 Å². The van der Waals surface area contributed by atoms with Gasteiger partial charge in [-0.05, 0) is 63.0 Å². The fraction of sp³-hybridized carbons (Fsp3) is 0.846. The Balaban J connectivity index is 1.33. The highest BCUT2D eigenvalue weighted by Crippen LogP contribution is 2.64. The molecule has 0 aromatic carbocycles. The SMILES string of the molecule is CC1(C)C(CN2CCCCC2)=C2CC3N4C(=C(CN5CCCCC5)C3(C)C)CC1N24. The highest BCUT2D eigenvalue weighted by Gasteiger charge is 2.64. The monoisotopic (exact) mass is 410 g/mol. The van der Waals surface area contributed by atoms with Crippen LogP contribution in [0.2, 0.25) is 0 Å². The van der Waals surface area contributed by atoms with Crippen LogP contribution in [0.15, 0.2) is 22.5 Å². The summed E-state index contributed by atoms with van der Waals surface area (Å²) in [4.78, 5) is 5.51. The highest BCUT2D eigenvalue weighted by molar-refractivity contribution is 5.46. The zero-order chi connectivity index (χ0) is 20.7. The molecule has 4 fully saturated rings. The maximum absolute atomic E-state index is 2.81. The average Bonchev–Trinajstić information content (AvgIpc) is 3.40. The van der Waals surface area contributed by atoms with Crippen molar-refractivity contribution in [3.63, 3.8) is 0 Å². The molecule has 0 spiro atoms. The first-order valence-corrected chi connectivity index (χ1v) is 12.9. The fourth-order valence-corrected chi connectivity index (χ4v) is 7.73. The van der Waals surface area contributed by atoms with Crippen LogP contribution in [-0.2, 0) is 0 Å². The number of rotatable bonds is 4. The Morgan fingerprint density at radius 1 is 0.600 bits per heavy atom. The number of piperidine rings is 2. The number of hydrogen-bond donors (Lipinski definition) is 0. The van der Waals surface area contributed by atoms with Gasteiger partial charge in [-0.3, -0.25) is 19.8 Å². The van der Waals surface area contributed by atoms with E-state index in [0.717, 1.165) is 0 Å². The van der Waals surface area contributed by atoms with Gasteiger partial charge in [0.1, 0.15) is 0 Å². The van der Waals surface area contributed by atoms with Gasteiger partial charge in [-0.2, -0.15) is 0 Å². The van der Waals surface area contributed by atoms with Crippen LogP contribution < -0.4 is 0 Å². The van der Waals surface area contributed by atoms with Crippen LogP contribution in [-0.4, -0.2) is 71.2 Å². The van der Waals surface area contributed by atoms with E-state index in [-0.39, 0.29) is 0 Å². The van der Waals surface area contributed by atoms with E-state index in [4.69, 9.17) is 0 Å². The third kappa shape index (κ3) is 2.65. The van der Waals surface area contributed by atoms with Crippen molar-refractivity contribution in [2.75, 3.05) is 39.3 Å². The summed E-state index contributed by atoms with van der Waals surface area (Å²) in [7, 11) is 0. The third-order valence-electron chi connectivity index (χ3n) is 9.73. The molecule has 0 radical (unpaired) electrons. The molecule has 0 aliphatic carbocycles. The molecular weight excluding hydrogens is 368 g/mol. The van der Waals surface area contributed by atoms with Crippen molar-refractivity contribution in [1.82, 2.24) is 19.8 Å². The fourth-order valence-electron chi connectivity index (χ4n) is 7.73. The van der Waals surface area contributed by atoms with Crippen molar-refractivity contribution in [3.8, 4) is 0 Å². The van der Waals surface area contributed by atoms with Gasteiger partial charge >= 0.3 is 0 Å². The van der Waals surface area contributed by atoms with E-state index in [2.05, 4.69) is 47.5 Å². The molecule has 0 aromatic rings. The van der Waals surface area contributed by atoms with Crippen LogP contribution >= 0.6 is 0 Å². The first-order chi connectivity index (χ1) is 14.4. The van der Waals surface area contributed by atoms with E-state index in [1.165, 1.54) is 90.6 Å². The zero-order valence-corrected chi connectivity index (χ0v) is 19.8. The second-order valence-corrected chi connectivity index (χ2v) is 12.1. The molecule has 2 unspecified atom stereocenters. The molecule has 6 rings (SSSR count). The van der Waals surface area contributed by atoms with E-state index in [9.17, 15) is 0 Å². The van der Waals surface area contributed by atoms with Crippen molar-refractivity contribution >= 4 is 0 Å². The van der Waals surface area contributed by atoms with E-state index >= 15 is 0 Å². The molecule has 0 saturated carbocycles. The van der Waals surface area contributed by atoms with Crippen molar-refractivity contribution in [2.45, 2.75) is 91.1 Å². The van der Waals surface area contributed by atoms with Gasteiger partial charge in [0.25, 0.3) is 0 Å². The van der Waals surface area contributed by atoms with Gasteiger partial charge < -0.3 is 0 Å². The lowest BCUT2D eigenvalue weighted by atomic mass is 9.73. The molecule has 6 heterocycles. The first-order valence-electron chi connectivity index (χ1n) is 12.9. The normalized spacial score (nSPS) is 35.2. The van der Waals surface area contributed by atoms with Gasteiger partial charge in [0, 0.05) is 48.2 Å². The molecule has 166 valence electrons. The Labute approximate surface area is 183 Å². The van der Waals surface area contributed by atoms with Crippen molar-refractivity contribution in [2.24, 2.45) is 10.8 Å². The summed E-state index contributed by atoms with van der Waals surface area (Å²) < 4.78 is 0. The maximum Gasteiger partial charge on any atom is 0.0647 e. The lowest BCUT2D eigenvalue weighted by molar-refractivity contribution is 0.0330. The smallest absolute Gasteiger partial charge is 0.0647 e. The predicted molar refractivity (Wildman–Crippen MR) is 123 cm³/mol. The van der Waals surface area contributed by atoms with Gasteiger partial charge in [-0.15, -0.1) is 0 Å². The van der Waals surface area contributed by atoms with Crippen LogP contribution in [0.5, 0.6) is 0 Å². The molecule has 0 N–H and O–H groups in total. The quantitative estimate of drug-likeness (QED) is 0.671. The zero-order valence-electron chi connectivity index (χ0n) is 19.8. The number of hydrogen-bond acceptors (Lipinski definition) is 4. The van der Waals surface area contributed by atoms with Crippen molar-refractivity contribution < 1.29 is 0 Å². The highest BCUT2D eigenvalue weighted by atomic mass is 15.7. The van der Waals surface area contributed by atoms with Crippen LogP contribution in [0.25, 0.3) is 0 Å². The second kappa shape index (κ2) is 6.75. The van der Waals surface area contributed by atoms with Crippen LogP contribution in [0.3, 0.4) is 0 Å². The minimum atomic E-state index is 0.301. The third-order valence-corrected chi connectivity index (χ3v) is 9.73. The number of hydrazine groups is 1. The molecule has 4 heteroatoms. The first kappa shape index (κ1) is 19.7. The van der Waals surface area contributed by atoms with E-state index in [0.29, 0.717) is 22.9 Å². The van der Waals surface area contributed by atoms with E-state index < -0.39 is 0 Å². The number of likely N-dealkylation sites (tertiary alicyclic amines) is 2. The molecule has 2 atom stereocenters. The van der Waals surface area contributed by atoms with Crippen molar-refractivity contribution in [3.05, 3.63) is 22.5 Å². The Kier molecular flexibility index (Phi) is 4.42. The summed E-state index contributed by atoms with van der Waals surface area (Å²) in [6.07, 6.45) is 11.0. The molecule has 6 aliphatic rings. The molecule has 6 aliphatic heterocycles. The van der Waals surface area contributed by atoms with Crippen LogP contribution in [0.4, 0.5) is 0 Å². The Hall–Kier alpha value is -1.00. The topological polar surface area (TPSA) is 13.0 Å². The minimum absolute atomic E-state index is 0.301. The summed E-state index contributed by atoms with van der Waals surface area (Å²) >= 11 is 0. The molecule has 4 saturated heterocycles. The molecule has 0 aromatic heterocycles. The lowest BCUT2D eigenvalue weighted by Crippen LogP contribution is -2.43. The largest absolute Gasteiger partial charge is 0.299 e. The summed E-state index contributed by atoms with van der Waals surface area (Å²) in [5, 5.41) is 5.62. The lowest BCUT2D eigenvalue weighted by Gasteiger charge is -2.38. The standard InChI is InChI=1S/C26H42N4/c1-25(2)19(17-27-11-7-5-8-12-27)21-16-24-26(3,4)20(18-28-13-9-6-10-14-28)22-15-23(25)29(21)30(22)24/h23-24H,5-18H2,1-4H3. The van der Waals surface area contributed by atoms with Gasteiger partial charge in [-0.1, -0.05) is 40.5 Å². The minimum Gasteiger partial charge on any atom is -0.299 e. The van der Waals surface area contributed by atoms with Gasteiger partial charge in [0.15, 0.2) is 0 Å². The maximum atomic E-state index is 2.81. The molecule has 4 nitrogen and oxygen atoms in total. The molecule has 0 amide bonds.